The number of hydrogen-bond acceptors (Lipinski definition) is 1. The molecular formula is C8H13ClN2. The van der Waals surface area contributed by atoms with Gasteiger partial charge in [-0.1, -0.05) is 25.4 Å². The van der Waals surface area contributed by atoms with Crippen molar-refractivity contribution in [3.63, 3.8) is 0 Å². The summed E-state index contributed by atoms with van der Waals surface area (Å²) >= 11 is 5.64. The van der Waals surface area contributed by atoms with E-state index < -0.39 is 0 Å². The Bertz CT molecular complexity index is 218. The first-order valence-electron chi connectivity index (χ1n) is 3.87. The van der Waals surface area contributed by atoms with E-state index in [0.29, 0.717) is 5.15 Å². The van der Waals surface area contributed by atoms with E-state index in [2.05, 4.69) is 18.9 Å². The zero-order valence-corrected chi connectivity index (χ0v) is 7.67. The Kier molecular flexibility index (Phi) is 2.94. The maximum absolute atomic E-state index is 5.64. The van der Waals surface area contributed by atoms with Gasteiger partial charge in [0, 0.05) is 12.7 Å². The van der Waals surface area contributed by atoms with Crippen LogP contribution in [-0.4, -0.2) is 9.78 Å². The third kappa shape index (κ3) is 2.93. The van der Waals surface area contributed by atoms with Crippen molar-refractivity contribution in [3.05, 3.63) is 17.4 Å². The summed E-state index contributed by atoms with van der Waals surface area (Å²) in [5.74, 6) is 0.720. The Labute approximate surface area is 72.2 Å². The summed E-state index contributed by atoms with van der Waals surface area (Å²) in [5, 5.41) is 4.64. The lowest BCUT2D eigenvalue weighted by Gasteiger charge is -2.03. The molecule has 62 valence electrons. The molecule has 1 aromatic rings. The third-order valence-electron chi connectivity index (χ3n) is 1.54. The van der Waals surface area contributed by atoms with Crippen LogP contribution in [0.5, 0.6) is 0 Å². The molecular weight excluding hydrogens is 160 g/mol. The second-order valence-electron chi connectivity index (χ2n) is 3.08. The van der Waals surface area contributed by atoms with E-state index in [1.54, 1.807) is 0 Å². The van der Waals surface area contributed by atoms with Crippen molar-refractivity contribution < 1.29 is 0 Å². The molecule has 0 radical (unpaired) electrons. The van der Waals surface area contributed by atoms with Crippen molar-refractivity contribution in [2.75, 3.05) is 0 Å². The molecule has 0 bridgehead atoms. The maximum atomic E-state index is 5.64. The number of rotatable bonds is 3. The molecule has 0 aliphatic heterocycles. The normalized spacial score (nSPS) is 10.9. The zero-order valence-electron chi connectivity index (χ0n) is 6.92. The van der Waals surface area contributed by atoms with Gasteiger partial charge in [0.25, 0.3) is 0 Å². The molecule has 1 rings (SSSR count). The summed E-state index contributed by atoms with van der Waals surface area (Å²) in [6, 6.07) is 1.81. The topological polar surface area (TPSA) is 17.8 Å². The van der Waals surface area contributed by atoms with Gasteiger partial charge < -0.3 is 0 Å². The van der Waals surface area contributed by atoms with E-state index in [9.17, 15) is 0 Å². The van der Waals surface area contributed by atoms with Gasteiger partial charge in [0.05, 0.1) is 0 Å². The standard InChI is InChI=1S/C8H13ClN2/c1-7(2)3-5-11-6-4-8(9)10-11/h4,6-7H,3,5H2,1-2H3. The molecule has 0 aliphatic carbocycles. The number of aryl methyl sites for hydroxylation is 1. The van der Waals surface area contributed by atoms with Gasteiger partial charge in [0.1, 0.15) is 0 Å². The van der Waals surface area contributed by atoms with Crippen molar-refractivity contribution >= 4 is 11.6 Å². The van der Waals surface area contributed by atoms with Gasteiger partial charge in [-0.3, -0.25) is 4.68 Å². The Morgan fingerprint density at radius 3 is 2.82 bits per heavy atom. The predicted molar refractivity (Wildman–Crippen MR) is 46.7 cm³/mol. The van der Waals surface area contributed by atoms with Crippen molar-refractivity contribution in [1.29, 1.82) is 0 Å². The second-order valence-corrected chi connectivity index (χ2v) is 3.47. The van der Waals surface area contributed by atoms with Crippen LogP contribution in [0.2, 0.25) is 5.15 Å². The van der Waals surface area contributed by atoms with Crippen molar-refractivity contribution in [3.8, 4) is 0 Å². The summed E-state index contributed by atoms with van der Waals surface area (Å²) < 4.78 is 1.88. The van der Waals surface area contributed by atoms with Crippen molar-refractivity contribution in [2.45, 2.75) is 26.8 Å². The van der Waals surface area contributed by atoms with Crippen molar-refractivity contribution in [1.82, 2.24) is 9.78 Å². The van der Waals surface area contributed by atoms with E-state index in [0.717, 1.165) is 18.9 Å². The van der Waals surface area contributed by atoms with E-state index in [1.165, 1.54) is 0 Å². The van der Waals surface area contributed by atoms with Crippen LogP contribution in [0.1, 0.15) is 20.3 Å². The first kappa shape index (κ1) is 8.60. The number of nitrogens with zero attached hydrogens (tertiary/aromatic N) is 2. The van der Waals surface area contributed by atoms with E-state index >= 15 is 0 Å². The lowest BCUT2D eigenvalue weighted by molar-refractivity contribution is 0.487. The molecule has 0 saturated carbocycles. The highest BCUT2D eigenvalue weighted by Crippen LogP contribution is 2.05. The van der Waals surface area contributed by atoms with Crippen LogP contribution < -0.4 is 0 Å². The van der Waals surface area contributed by atoms with Crippen LogP contribution in [0.4, 0.5) is 0 Å². The van der Waals surface area contributed by atoms with Gasteiger partial charge in [0.15, 0.2) is 5.15 Å². The highest BCUT2D eigenvalue weighted by molar-refractivity contribution is 6.29. The van der Waals surface area contributed by atoms with Crippen LogP contribution in [0, 0.1) is 5.92 Å². The fourth-order valence-electron chi connectivity index (χ4n) is 0.852. The lowest BCUT2D eigenvalue weighted by atomic mass is 10.1. The highest BCUT2D eigenvalue weighted by atomic mass is 35.5. The lowest BCUT2D eigenvalue weighted by Crippen LogP contribution is -2.01. The van der Waals surface area contributed by atoms with Crippen LogP contribution in [-0.2, 0) is 6.54 Å². The maximum Gasteiger partial charge on any atom is 0.151 e. The summed E-state index contributed by atoms with van der Waals surface area (Å²) in [4.78, 5) is 0. The van der Waals surface area contributed by atoms with E-state index in [1.807, 2.05) is 16.9 Å². The molecule has 0 aliphatic rings. The minimum Gasteiger partial charge on any atom is -0.271 e. The Hall–Kier alpha value is -0.500. The fraction of sp³-hybridized carbons (Fsp3) is 0.625. The second kappa shape index (κ2) is 3.77. The van der Waals surface area contributed by atoms with Gasteiger partial charge in [-0.05, 0) is 18.4 Å². The molecule has 1 heterocycles. The number of aromatic nitrogens is 2. The monoisotopic (exact) mass is 172 g/mol. The number of halogens is 1. The van der Waals surface area contributed by atoms with Crippen LogP contribution in [0.3, 0.4) is 0 Å². The average molecular weight is 173 g/mol. The summed E-state index contributed by atoms with van der Waals surface area (Å²) in [5.41, 5.74) is 0. The summed E-state index contributed by atoms with van der Waals surface area (Å²) in [6.45, 7) is 5.36. The largest absolute Gasteiger partial charge is 0.271 e. The van der Waals surface area contributed by atoms with Gasteiger partial charge in [0.2, 0.25) is 0 Å². The fourth-order valence-corrected chi connectivity index (χ4v) is 1.01. The molecule has 0 N–H and O–H groups in total. The van der Waals surface area contributed by atoms with Gasteiger partial charge in [-0.25, -0.2) is 0 Å². The number of hydrogen-bond donors (Lipinski definition) is 0. The molecule has 3 heteroatoms. The minimum atomic E-state index is 0.578. The zero-order chi connectivity index (χ0) is 8.27. The molecule has 0 fully saturated rings. The first-order chi connectivity index (χ1) is 5.18. The highest BCUT2D eigenvalue weighted by Gasteiger charge is 1.96. The van der Waals surface area contributed by atoms with Gasteiger partial charge in [-0.2, -0.15) is 5.10 Å². The smallest absolute Gasteiger partial charge is 0.151 e. The Morgan fingerprint density at radius 2 is 2.36 bits per heavy atom. The van der Waals surface area contributed by atoms with Gasteiger partial charge in [-0.15, -0.1) is 0 Å². The van der Waals surface area contributed by atoms with Gasteiger partial charge >= 0.3 is 0 Å². The third-order valence-corrected chi connectivity index (χ3v) is 1.75. The quantitative estimate of drug-likeness (QED) is 0.686. The molecule has 0 spiro atoms. The van der Waals surface area contributed by atoms with Crippen LogP contribution in [0.25, 0.3) is 0 Å². The van der Waals surface area contributed by atoms with Crippen molar-refractivity contribution in [2.24, 2.45) is 5.92 Å². The van der Waals surface area contributed by atoms with Crippen LogP contribution >= 0.6 is 11.6 Å². The molecule has 0 atom stereocenters. The Morgan fingerprint density at radius 1 is 1.64 bits per heavy atom. The molecule has 2 nitrogen and oxygen atoms in total. The Balaban J connectivity index is 2.39. The first-order valence-corrected chi connectivity index (χ1v) is 4.25. The molecule has 0 saturated heterocycles. The van der Waals surface area contributed by atoms with E-state index in [4.69, 9.17) is 11.6 Å². The summed E-state index contributed by atoms with van der Waals surface area (Å²) in [7, 11) is 0. The molecule has 0 aromatic carbocycles. The molecule has 1 aromatic heterocycles. The van der Waals surface area contributed by atoms with E-state index in [-0.39, 0.29) is 0 Å². The summed E-state index contributed by atoms with van der Waals surface area (Å²) in [6.07, 6.45) is 3.06. The average Bonchev–Trinajstić information content (AvgIpc) is 2.31. The molecule has 0 amide bonds. The van der Waals surface area contributed by atoms with Crippen LogP contribution in [0.15, 0.2) is 12.3 Å². The predicted octanol–water partition coefficient (Wildman–Crippen LogP) is 2.58. The molecule has 0 unspecified atom stereocenters. The SMILES string of the molecule is CC(C)CCn1ccc(Cl)n1. The minimum absolute atomic E-state index is 0.578. The molecule has 11 heavy (non-hydrogen) atoms.